The van der Waals surface area contributed by atoms with Gasteiger partial charge in [0.25, 0.3) is 0 Å². The molecule has 11 aromatic rings. The Kier molecular flexibility index (Phi) is 6.96. The minimum atomic E-state index is 1.15. The maximum absolute atomic E-state index is 3.96. The number of hydrogen-bond acceptors (Lipinski definition) is 0. The third kappa shape index (κ3) is 4.62. The van der Waals surface area contributed by atoms with Crippen LogP contribution in [-0.4, -0.2) is 9.13 Å². The van der Waals surface area contributed by atoms with Gasteiger partial charge < -0.3 is 9.13 Å². The Morgan fingerprint density at radius 1 is 0.418 bits per heavy atom. The molecule has 2 heteroatoms. The first kappa shape index (κ1) is 31.4. The van der Waals surface area contributed by atoms with E-state index in [2.05, 4.69) is 205 Å². The van der Waals surface area contributed by atoms with Gasteiger partial charge in [-0.3, -0.25) is 0 Å². The van der Waals surface area contributed by atoms with Crippen molar-refractivity contribution in [2.45, 2.75) is 6.92 Å². The molecule has 258 valence electrons. The first-order chi connectivity index (χ1) is 27.2. The maximum atomic E-state index is 3.96. The lowest BCUT2D eigenvalue weighted by Crippen LogP contribution is -1.97. The highest BCUT2D eigenvalue weighted by atomic mass is 15.0. The lowest BCUT2D eigenvalue weighted by atomic mass is 9.89. The zero-order chi connectivity index (χ0) is 36.6. The summed E-state index contributed by atoms with van der Waals surface area (Å²) in [6.45, 7) is 6.10. The smallest absolute Gasteiger partial charge is 0.0547 e. The van der Waals surface area contributed by atoms with Gasteiger partial charge in [-0.05, 0) is 105 Å². The van der Waals surface area contributed by atoms with Crippen LogP contribution >= 0.6 is 0 Å². The van der Waals surface area contributed by atoms with Crippen molar-refractivity contribution in [1.29, 1.82) is 0 Å². The van der Waals surface area contributed by atoms with Gasteiger partial charge in [0.2, 0.25) is 0 Å². The quantitative estimate of drug-likeness (QED) is 0.125. The van der Waals surface area contributed by atoms with Gasteiger partial charge in [0, 0.05) is 32.6 Å². The fourth-order valence-electron chi connectivity index (χ4n) is 9.27. The summed E-state index contributed by atoms with van der Waals surface area (Å²) < 4.78 is 4.83. The van der Waals surface area contributed by atoms with E-state index in [-0.39, 0.29) is 0 Å². The Morgan fingerprint density at radius 3 is 1.71 bits per heavy atom. The van der Waals surface area contributed by atoms with E-state index in [4.69, 9.17) is 0 Å². The van der Waals surface area contributed by atoms with Crippen LogP contribution in [0.1, 0.15) is 6.92 Å². The molecule has 2 nitrogen and oxygen atoms in total. The molecule has 11 rings (SSSR count). The summed E-state index contributed by atoms with van der Waals surface area (Å²) in [6, 6.07) is 64.8. The van der Waals surface area contributed by atoms with E-state index in [0.29, 0.717) is 0 Å². The van der Waals surface area contributed by atoms with Crippen molar-refractivity contribution >= 4 is 81.6 Å². The molecule has 0 radical (unpaired) electrons. The topological polar surface area (TPSA) is 9.86 Å². The molecule has 0 saturated carbocycles. The standard InChI is InChI=1S/C53H36N2/c1-3-15-34(2)54-47-25-11-9-19-40(47)45-32-36(28-30-49(45)54)37-29-31-50-46(33-37)41-20-10-12-26-48(41)55(50)51-27-14-23-43-39-18-7-8-21-42(39)52-38(35-16-5-4-6-17-35)22-13-24-44(52)53(43)51/h3-33H,1H2,2H3/b34-15+. The molecule has 0 amide bonds. The summed E-state index contributed by atoms with van der Waals surface area (Å²) in [7, 11) is 0. The highest BCUT2D eigenvalue weighted by Crippen LogP contribution is 2.44. The van der Waals surface area contributed by atoms with Crippen molar-refractivity contribution in [3.8, 4) is 27.9 Å². The summed E-state index contributed by atoms with van der Waals surface area (Å²) in [5.41, 5.74) is 12.0. The minimum absolute atomic E-state index is 1.15. The second-order valence-electron chi connectivity index (χ2n) is 14.6. The van der Waals surface area contributed by atoms with Crippen LogP contribution in [0.25, 0.3) is 110 Å². The average molecular weight is 701 g/mol. The number of hydrogen-bond donors (Lipinski definition) is 0. The Labute approximate surface area is 319 Å². The van der Waals surface area contributed by atoms with E-state index in [1.165, 1.54) is 104 Å². The number of fused-ring (bicyclic) bond motifs is 12. The first-order valence-electron chi connectivity index (χ1n) is 19.0. The van der Waals surface area contributed by atoms with Crippen LogP contribution in [0.15, 0.2) is 195 Å². The van der Waals surface area contributed by atoms with Gasteiger partial charge in [-0.25, -0.2) is 0 Å². The number of nitrogens with zero attached hydrogens (tertiary/aromatic N) is 2. The molecule has 0 bridgehead atoms. The van der Waals surface area contributed by atoms with E-state index in [9.17, 15) is 0 Å². The predicted molar refractivity (Wildman–Crippen MR) is 237 cm³/mol. The molecule has 0 unspecified atom stereocenters. The van der Waals surface area contributed by atoms with Gasteiger partial charge in [0.15, 0.2) is 0 Å². The predicted octanol–water partition coefficient (Wildman–Crippen LogP) is 14.7. The van der Waals surface area contributed by atoms with E-state index in [0.717, 1.165) is 5.70 Å². The number of rotatable bonds is 5. The summed E-state index contributed by atoms with van der Waals surface area (Å²) in [5.74, 6) is 0. The molecule has 0 aliphatic carbocycles. The number of allylic oxidation sites excluding steroid dienone is 3. The van der Waals surface area contributed by atoms with E-state index < -0.39 is 0 Å². The summed E-state index contributed by atoms with van der Waals surface area (Å²) in [6.07, 6.45) is 3.94. The number of benzene rings is 9. The molecule has 2 aromatic heterocycles. The van der Waals surface area contributed by atoms with E-state index in [1.807, 2.05) is 6.08 Å². The molecule has 55 heavy (non-hydrogen) atoms. The van der Waals surface area contributed by atoms with Crippen LogP contribution in [0.3, 0.4) is 0 Å². The van der Waals surface area contributed by atoms with Gasteiger partial charge in [-0.1, -0.05) is 146 Å². The second kappa shape index (κ2) is 12.2. The lowest BCUT2D eigenvalue weighted by molar-refractivity contribution is 1.20. The third-order valence-corrected chi connectivity index (χ3v) is 11.6. The Morgan fingerprint density at radius 2 is 0.945 bits per heavy atom. The molecular formula is C53H36N2. The Bertz CT molecular complexity index is 3390. The second-order valence-corrected chi connectivity index (χ2v) is 14.6. The fourth-order valence-corrected chi connectivity index (χ4v) is 9.27. The normalized spacial score (nSPS) is 12.3. The molecule has 0 atom stereocenters. The zero-order valence-electron chi connectivity index (χ0n) is 30.5. The monoisotopic (exact) mass is 700 g/mol. The number of para-hydroxylation sites is 2. The molecule has 0 aliphatic rings. The summed E-state index contributed by atoms with van der Waals surface area (Å²) in [5, 5.41) is 12.6. The van der Waals surface area contributed by atoms with Crippen molar-refractivity contribution in [3.63, 3.8) is 0 Å². The largest absolute Gasteiger partial charge is 0.313 e. The van der Waals surface area contributed by atoms with Gasteiger partial charge in [-0.15, -0.1) is 0 Å². The molecule has 0 spiro atoms. The highest BCUT2D eigenvalue weighted by molar-refractivity contribution is 6.30. The van der Waals surface area contributed by atoms with Crippen molar-refractivity contribution < 1.29 is 0 Å². The van der Waals surface area contributed by atoms with Crippen LogP contribution < -0.4 is 0 Å². The average Bonchev–Trinajstić information content (AvgIpc) is 3.76. The van der Waals surface area contributed by atoms with Crippen LogP contribution in [0.4, 0.5) is 0 Å². The van der Waals surface area contributed by atoms with Crippen molar-refractivity contribution in [2.24, 2.45) is 0 Å². The van der Waals surface area contributed by atoms with Crippen molar-refractivity contribution in [2.75, 3.05) is 0 Å². The molecule has 9 aromatic carbocycles. The summed E-state index contributed by atoms with van der Waals surface area (Å²) in [4.78, 5) is 0. The minimum Gasteiger partial charge on any atom is -0.313 e. The van der Waals surface area contributed by atoms with Crippen molar-refractivity contribution in [3.05, 3.63) is 195 Å². The van der Waals surface area contributed by atoms with Crippen LogP contribution in [0.2, 0.25) is 0 Å². The van der Waals surface area contributed by atoms with Gasteiger partial charge in [0.05, 0.1) is 27.8 Å². The lowest BCUT2D eigenvalue weighted by Gasteiger charge is -2.18. The third-order valence-electron chi connectivity index (χ3n) is 11.6. The van der Waals surface area contributed by atoms with Gasteiger partial charge in [-0.2, -0.15) is 0 Å². The molecule has 2 heterocycles. The molecule has 0 saturated heterocycles. The Hall–Kier alpha value is -7.16. The molecule has 0 fully saturated rings. The first-order valence-corrected chi connectivity index (χ1v) is 19.0. The Balaban J connectivity index is 1.18. The van der Waals surface area contributed by atoms with Gasteiger partial charge >= 0.3 is 0 Å². The summed E-state index contributed by atoms with van der Waals surface area (Å²) >= 11 is 0. The maximum Gasteiger partial charge on any atom is 0.0547 e. The van der Waals surface area contributed by atoms with E-state index >= 15 is 0 Å². The molecule has 0 aliphatic heterocycles. The van der Waals surface area contributed by atoms with Crippen LogP contribution in [-0.2, 0) is 0 Å². The number of aromatic nitrogens is 2. The van der Waals surface area contributed by atoms with Crippen LogP contribution in [0, 0.1) is 0 Å². The molecule has 0 N–H and O–H groups in total. The highest BCUT2D eigenvalue weighted by Gasteiger charge is 2.20. The van der Waals surface area contributed by atoms with Crippen LogP contribution in [0.5, 0.6) is 0 Å². The van der Waals surface area contributed by atoms with Gasteiger partial charge in [0.1, 0.15) is 0 Å². The SMILES string of the molecule is C=C/C=C(\C)n1c2ccccc2c2cc(-c3ccc4c(c3)c3ccccc3n4-c3cccc4c5ccccc5c5c(-c6ccccc6)cccc5c34)ccc21. The molecular weight excluding hydrogens is 665 g/mol. The van der Waals surface area contributed by atoms with E-state index in [1.54, 1.807) is 0 Å². The zero-order valence-corrected chi connectivity index (χ0v) is 30.5. The van der Waals surface area contributed by atoms with Crippen molar-refractivity contribution in [1.82, 2.24) is 9.13 Å². The fraction of sp³-hybridized carbons (Fsp3) is 0.0189.